The molecule has 0 aromatic rings. The van der Waals surface area contributed by atoms with Gasteiger partial charge in [0.25, 0.3) is 0 Å². The Kier molecular flexibility index (Phi) is 2.30. The molecule has 80 valence electrons. The number of hydrogen-bond acceptors (Lipinski definition) is 3. The van der Waals surface area contributed by atoms with Gasteiger partial charge in [-0.15, -0.1) is 0 Å². The molecular formula is C11H18O3. The van der Waals surface area contributed by atoms with Gasteiger partial charge < -0.3 is 9.84 Å². The zero-order valence-electron chi connectivity index (χ0n) is 8.71. The van der Waals surface area contributed by atoms with Crippen molar-refractivity contribution < 1.29 is 14.6 Å². The van der Waals surface area contributed by atoms with Crippen LogP contribution in [0.2, 0.25) is 0 Å². The van der Waals surface area contributed by atoms with Crippen molar-refractivity contribution in [3.8, 4) is 0 Å². The van der Waals surface area contributed by atoms with Gasteiger partial charge in [-0.3, -0.25) is 4.79 Å². The first-order chi connectivity index (χ1) is 6.65. The van der Waals surface area contributed by atoms with Crippen molar-refractivity contribution in [3.63, 3.8) is 0 Å². The number of aliphatic hydroxyl groups is 1. The highest BCUT2D eigenvalue weighted by molar-refractivity contribution is 5.79. The maximum atomic E-state index is 11.8. The van der Waals surface area contributed by atoms with Crippen molar-refractivity contribution in [2.24, 2.45) is 5.41 Å². The predicted octanol–water partition coefficient (Wildman–Crippen LogP) is 1.63. The van der Waals surface area contributed by atoms with Crippen LogP contribution in [0.5, 0.6) is 0 Å². The molecule has 3 nitrogen and oxygen atoms in total. The fraction of sp³-hybridized carbons (Fsp3) is 0.909. The Morgan fingerprint density at radius 2 is 1.71 bits per heavy atom. The summed E-state index contributed by atoms with van der Waals surface area (Å²) >= 11 is 0. The molecule has 14 heavy (non-hydrogen) atoms. The Bertz CT molecular complexity index is 237. The van der Waals surface area contributed by atoms with Crippen LogP contribution in [-0.4, -0.2) is 23.8 Å². The smallest absolute Gasteiger partial charge is 0.314 e. The van der Waals surface area contributed by atoms with Gasteiger partial charge in [0.05, 0.1) is 18.1 Å². The Balaban J connectivity index is 2.25. The number of esters is 1. The van der Waals surface area contributed by atoms with Crippen LogP contribution in [0.4, 0.5) is 0 Å². The van der Waals surface area contributed by atoms with Crippen molar-refractivity contribution in [2.75, 3.05) is 7.11 Å². The van der Waals surface area contributed by atoms with Crippen LogP contribution in [0, 0.1) is 5.41 Å². The Morgan fingerprint density at radius 3 is 2.07 bits per heavy atom. The topological polar surface area (TPSA) is 46.5 Å². The molecule has 0 amide bonds. The van der Waals surface area contributed by atoms with E-state index < -0.39 is 11.0 Å². The quantitative estimate of drug-likeness (QED) is 0.686. The van der Waals surface area contributed by atoms with E-state index in [4.69, 9.17) is 4.74 Å². The molecule has 0 bridgehead atoms. The molecule has 2 aliphatic rings. The molecule has 0 heterocycles. The molecule has 0 aromatic carbocycles. The van der Waals surface area contributed by atoms with E-state index in [1.165, 1.54) is 7.11 Å². The minimum Gasteiger partial charge on any atom is -0.469 e. The second-order valence-electron chi connectivity index (χ2n) is 4.67. The van der Waals surface area contributed by atoms with Crippen LogP contribution in [0.15, 0.2) is 0 Å². The molecule has 2 fully saturated rings. The van der Waals surface area contributed by atoms with E-state index in [-0.39, 0.29) is 5.97 Å². The van der Waals surface area contributed by atoms with Gasteiger partial charge in [0.15, 0.2) is 0 Å². The van der Waals surface area contributed by atoms with E-state index in [0.717, 1.165) is 44.9 Å². The average Bonchev–Trinajstić information content (AvgIpc) is 2.63. The van der Waals surface area contributed by atoms with Crippen LogP contribution in [0.25, 0.3) is 0 Å². The third-order valence-corrected chi connectivity index (χ3v) is 4.10. The summed E-state index contributed by atoms with van der Waals surface area (Å²) in [5, 5.41) is 10.4. The van der Waals surface area contributed by atoms with Crippen molar-refractivity contribution >= 4 is 5.97 Å². The Morgan fingerprint density at radius 1 is 1.14 bits per heavy atom. The lowest BCUT2D eigenvalue weighted by Crippen LogP contribution is -2.56. The first kappa shape index (κ1) is 9.97. The second kappa shape index (κ2) is 3.23. The zero-order valence-corrected chi connectivity index (χ0v) is 8.71. The van der Waals surface area contributed by atoms with E-state index in [1.807, 2.05) is 0 Å². The number of methoxy groups -OCH3 is 1. The third kappa shape index (κ3) is 1.11. The van der Waals surface area contributed by atoms with Crippen LogP contribution in [0.1, 0.15) is 44.9 Å². The van der Waals surface area contributed by atoms with Crippen LogP contribution in [-0.2, 0) is 9.53 Å². The lowest BCUT2D eigenvalue weighted by molar-refractivity contribution is -0.186. The highest BCUT2D eigenvalue weighted by Gasteiger charge is 2.59. The summed E-state index contributed by atoms with van der Waals surface area (Å²) in [5.41, 5.74) is -1.32. The van der Waals surface area contributed by atoms with Crippen LogP contribution >= 0.6 is 0 Å². The molecular weight excluding hydrogens is 180 g/mol. The number of ether oxygens (including phenoxy) is 1. The van der Waals surface area contributed by atoms with Gasteiger partial charge in [-0.25, -0.2) is 0 Å². The standard InChI is InChI=1S/C11H18O3/c1-14-9(12)10(5-2-3-6-10)11(13)7-4-8-11/h13H,2-8H2,1H3. The lowest BCUT2D eigenvalue weighted by Gasteiger charge is -2.48. The largest absolute Gasteiger partial charge is 0.469 e. The molecule has 1 N–H and O–H groups in total. The van der Waals surface area contributed by atoms with Gasteiger partial charge in [-0.05, 0) is 32.1 Å². The van der Waals surface area contributed by atoms with Gasteiger partial charge in [0.1, 0.15) is 0 Å². The maximum Gasteiger partial charge on any atom is 0.314 e. The predicted molar refractivity (Wildman–Crippen MR) is 51.7 cm³/mol. The van der Waals surface area contributed by atoms with E-state index in [0.29, 0.717) is 0 Å². The molecule has 0 aromatic heterocycles. The number of rotatable bonds is 2. The molecule has 0 saturated heterocycles. The molecule has 2 aliphatic carbocycles. The lowest BCUT2D eigenvalue weighted by atomic mass is 9.60. The fourth-order valence-corrected chi connectivity index (χ4v) is 3.02. The molecule has 0 spiro atoms. The van der Waals surface area contributed by atoms with Gasteiger partial charge in [-0.2, -0.15) is 0 Å². The number of carbonyl (C=O) groups is 1. The van der Waals surface area contributed by atoms with E-state index in [9.17, 15) is 9.90 Å². The highest BCUT2D eigenvalue weighted by Crippen LogP contribution is 2.55. The van der Waals surface area contributed by atoms with Crippen molar-refractivity contribution in [1.82, 2.24) is 0 Å². The minimum atomic E-state index is -0.753. The van der Waals surface area contributed by atoms with Crippen LogP contribution < -0.4 is 0 Å². The maximum absolute atomic E-state index is 11.8. The molecule has 2 saturated carbocycles. The number of carbonyl (C=O) groups excluding carboxylic acids is 1. The van der Waals surface area contributed by atoms with E-state index >= 15 is 0 Å². The molecule has 0 radical (unpaired) electrons. The molecule has 0 unspecified atom stereocenters. The molecule has 0 atom stereocenters. The Labute approximate surface area is 84.4 Å². The monoisotopic (exact) mass is 198 g/mol. The first-order valence-electron chi connectivity index (χ1n) is 5.45. The first-order valence-corrected chi connectivity index (χ1v) is 5.45. The normalized spacial score (nSPS) is 28.1. The average molecular weight is 198 g/mol. The molecule has 2 rings (SSSR count). The number of hydrogen-bond donors (Lipinski definition) is 1. The van der Waals surface area contributed by atoms with Crippen molar-refractivity contribution in [2.45, 2.75) is 50.5 Å². The summed E-state index contributed by atoms with van der Waals surface area (Å²) in [6.07, 6.45) is 6.25. The van der Waals surface area contributed by atoms with E-state index in [2.05, 4.69) is 0 Å². The Hall–Kier alpha value is -0.570. The minimum absolute atomic E-state index is 0.197. The van der Waals surface area contributed by atoms with Gasteiger partial charge in [0.2, 0.25) is 0 Å². The highest BCUT2D eigenvalue weighted by atomic mass is 16.5. The van der Waals surface area contributed by atoms with Crippen LogP contribution in [0.3, 0.4) is 0 Å². The van der Waals surface area contributed by atoms with Gasteiger partial charge in [-0.1, -0.05) is 12.8 Å². The zero-order chi connectivity index (χ0) is 10.2. The summed E-state index contributed by atoms with van der Waals surface area (Å²) in [6.45, 7) is 0. The summed E-state index contributed by atoms with van der Waals surface area (Å²) in [4.78, 5) is 11.8. The van der Waals surface area contributed by atoms with Gasteiger partial charge in [0, 0.05) is 0 Å². The summed E-state index contributed by atoms with van der Waals surface area (Å²) in [5.74, 6) is -0.197. The summed E-state index contributed by atoms with van der Waals surface area (Å²) in [6, 6.07) is 0. The van der Waals surface area contributed by atoms with Gasteiger partial charge >= 0.3 is 5.97 Å². The fourth-order valence-electron chi connectivity index (χ4n) is 3.02. The summed E-state index contributed by atoms with van der Waals surface area (Å²) < 4.78 is 4.86. The molecule has 0 aliphatic heterocycles. The molecule has 3 heteroatoms. The second-order valence-corrected chi connectivity index (χ2v) is 4.67. The van der Waals surface area contributed by atoms with Crippen molar-refractivity contribution in [3.05, 3.63) is 0 Å². The van der Waals surface area contributed by atoms with Crippen molar-refractivity contribution in [1.29, 1.82) is 0 Å². The van der Waals surface area contributed by atoms with E-state index in [1.54, 1.807) is 0 Å². The third-order valence-electron chi connectivity index (χ3n) is 4.10. The summed E-state index contributed by atoms with van der Waals surface area (Å²) in [7, 11) is 1.42. The SMILES string of the molecule is COC(=O)C1(C2(O)CCC2)CCCC1.